The van der Waals surface area contributed by atoms with Gasteiger partial charge >= 0.3 is 0 Å². The van der Waals surface area contributed by atoms with Crippen molar-refractivity contribution in [2.24, 2.45) is 0 Å². The Bertz CT molecular complexity index is 480. The molecule has 0 saturated heterocycles. The van der Waals surface area contributed by atoms with Crippen LogP contribution in [0.3, 0.4) is 0 Å². The molecule has 3 nitrogen and oxygen atoms in total. The summed E-state index contributed by atoms with van der Waals surface area (Å²) < 4.78 is 4.54. The van der Waals surface area contributed by atoms with Crippen molar-refractivity contribution in [3.05, 3.63) is 59.7 Å². The van der Waals surface area contributed by atoms with E-state index in [2.05, 4.69) is 4.74 Å². The number of methoxy groups -OCH3 is 1. The van der Waals surface area contributed by atoms with Crippen LogP contribution < -0.4 is 0 Å². The maximum Gasteiger partial charge on any atom is 0.269 e. The zero-order valence-electron chi connectivity index (χ0n) is 11.6. The summed E-state index contributed by atoms with van der Waals surface area (Å²) in [7, 11) is 1.32. The van der Waals surface area contributed by atoms with E-state index in [1.807, 2.05) is 37.3 Å². The van der Waals surface area contributed by atoms with E-state index in [9.17, 15) is 9.59 Å². The summed E-state index contributed by atoms with van der Waals surface area (Å²) in [6.45, 7) is 1.95. The molecule has 20 heavy (non-hydrogen) atoms. The van der Waals surface area contributed by atoms with E-state index in [0.717, 1.165) is 6.42 Å². The van der Waals surface area contributed by atoms with Crippen molar-refractivity contribution < 1.29 is 31.4 Å². The van der Waals surface area contributed by atoms with Crippen LogP contribution in [0.25, 0.3) is 0 Å². The van der Waals surface area contributed by atoms with Gasteiger partial charge in [-0.05, 0) is 12.8 Å². The van der Waals surface area contributed by atoms with Crippen molar-refractivity contribution >= 4 is 11.8 Å². The van der Waals surface area contributed by atoms with Gasteiger partial charge in [-0.1, -0.05) is 18.1 Å². The molecule has 2 rings (SSSR count). The van der Waals surface area contributed by atoms with Gasteiger partial charge in [-0.25, -0.2) is 0 Å². The first-order valence-corrected chi connectivity index (χ1v) is 6.24. The molecule has 0 aromatic heterocycles. The second-order valence-electron chi connectivity index (χ2n) is 4.02. The van der Waals surface area contributed by atoms with E-state index >= 15 is 0 Å². The maximum absolute atomic E-state index is 11.4. The molecule has 0 bridgehead atoms. The van der Waals surface area contributed by atoms with Gasteiger partial charge in [0.25, 0.3) is 5.97 Å². The molecule has 4 heteroatoms. The number of esters is 1. The molecule has 0 spiro atoms. The first-order valence-electron chi connectivity index (χ1n) is 6.24. The van der Waals surface area contributed by atoms with Gasteiger partial charge in [0.15, 0.2) is 0 Å². The van der Waals surface area contributed by atoms with Crippen LogP contribution >= 0.6 is 0 Å². The van der Waals surface area contributed by atoms with Crippen LogP contribution in [0.15, 0.2) is 48.5 Å². The fraction of sp³-hybridized carbons (Fsp3) is 0.250. The minimum Gasteiger partial charge on any atom is -0.748 e. The Morgan fingerprint density at radius 1 is 1.20 bits per heavy atom. The average molecular weight is 314 g/mol. The van der Waals surface area contributed by atoms with Gasteiger partial charge in [-0.2, -0.15) is 18.2 Å². The Morgan fingerprint density at radius 3 is 2.20 bits per heavy atom. The Morgan fingerprint density at radius 2 is 1.75 bits per heavy atom. The van der Waals surface area contributed by atoms with Gasteiger partial charge < -0.3 is 39.9 Å². The Balaban J connectivity index is 0.000000507. The third-order valence-electron chi connectivity index (χ3n) is 2.53. The normalized spacial score (nSPS) is 8.90. The van der Waals surface area contributed by atoms with E-state index in [4.69, 9.17) is 0 Å². The molecular formula is C16H18FeO3-6. The molecule has 0 aliphatic rings. The minimum atomic E-state index is -0.402. The van der Waals surface area contributed by atoms with Crippen LogP contribution in [-0.4, -0.2) is 18.9 Å². The smallest absolute Gasteiger partial charge is 0.269 e. The molecule has 0 unspecified atom stereocenters. The fourth-order valence-corrected chi connectivity index (χ4v) is 1.55. The number of carbonyl (C=O) groups excluding carboxylic acids is 2. The number of hydrogen-bond acceptors (Lipinski definition) is 3. The quantitative estimate of drug-likeness (QED) is 0.375. The van der Waals surface area contributed by atoms with Crippen LogP contribution in [0.5, 0.6) is 0 Å². The molecule has 0 saturated carbocycles. The van der Waals surface area contributed by atoms with Crippen LogP contribution in [0.1, 0.15) is 40.5 Å². The summed E-state index contributed by atoms with van der Waals surface area (Å²) in [4.78, 5) is 22.5. The monoisotopic (exact) mass is 314 g/mol. The first-order chi connectivity index (χ1) is 9.19. The van der Waals surface area contributed by atoms with Crippen molar-refractivity contribution in [3.63, 3.8) is 0 Å². The molecule has 2 aromatic rings. The van der Waals surface area contributed by atoms with Gasteiger partial charge in [-0.15, -0.1) is 0 Å². The van der Waals surface area contributed by atoms with Crippen molar-refractivity contribution in [2.75, 3.05) is 7.11 Å². The van der Waals surface area contributed by atoms with E-state index in [1.54, 1.807) is 18.2 Å². The minimum absolute atomic E-state index is 0. The van der Waals surface area contributed by atoms with Crippen LogP contribution in [0.2, 0.25) is 0 Å². The van der Waals surface area contributed by atoms with E-state index in [1.165, 1.54) is 7.11 Å². The van der Waals surface area contributed by atoms with E-state index < -0.39 is 5.97 Å². The number of hydrogen-bond donors (Lipinski definition) is 0. The van der Waals surface area contributed by atoms with Crippen molar-refractivity contribution in [1.29, 1.82) is 0 Å². The molecular weight excluding hydrogens is 296 g/mol. The molecule has 0 heterocycles. The van der Waals surface area contributed by atoms with Gasteiger partial charge in [0.2, 0.25) is 0 Å². The number of ketones is 1. The largest absolute Gasteiger partial charge is 0.748 e. The molecule has 0 radical (unpaired) electrons. The zero-order valence-corrected chi connectivity index (χ0v) is 12.7. The molecule has 114 valence electrons. The number of ether oxygens (including phenoxy) is 1. The molecule has 2 aromatic carbocycles. The second-order valence-corrected chi connectivity index (χ2v) is 4.02. The fourth-order valence-electron chi connectivity index (χ4n) is 1.55. The second kappa shape index (κ2) is 10.2. The van der Waals surface area contributed by atoms with Gasteiger partial charge in [-0.3, -0.25) is 4.79 Å². The Labute approximate surface area is 130 Å². The summed E-state index contributed by atoms with van der Waals surface area (Å²) in [5.74, 6) is -0.330. The van der Waals surface area contributed by atoms with Gasteiger partial charge in [0, 0.05) is 17.1 Å². The van der Waals surface area contributed by atoms with Gasteiger partial charge in [0.05, 0.1) is 7.11 Å². The predicted molar refractivity (Wildman–Crippen MR) is 74.6 cm³/mol. The Kier molecular flexibility index (Phi) is 9.35. The molecule has 0 atom stereocenters. The molecule has 0 aliphatic carbocycles. The predicted octanol–water partition coefficient (Wildman–Crippen LogP) is 3.58. The number of Topliss-reactive ketones (excluding diaryl/α,β-unsaturated/α-hetero) is 1. The van der Waals surface area contributed by atoms with Crippen molar-refractivity contribution in [3.8, 4) is 0 Å². The van der Waals surface area contributed by atoms with Crippen molar-refractivity contribution in [2.45, 2.75) is 19.8 Å². The molecule has 0 aliphatic heterocycles. The van der Waals surface area contributed by atoms with E-state index in [0.29, 0.717) is 17.5 Å². The maximum atomic E-state index is 11.4. The zero-order chi connectivity index (χ0) is 14.1. The molecule has 0 N–H and O–H groups in total. The van der Waals surface area contributed by atoms with Gasteiger partial charge in [0.1, 0.15) is 5.78 Å². The molecule has 0 fully saturated rings. The third kappa shape index (κ3) is 6.00. The number of rotatable bonds is 4. The summed E-state index contributed by atoms with van der Waals surface area (Å²) >= 11 is 0. The van der Waals surface area contributed by atoms with Crippen molar-refractivity contribution in [1.82, 2.24) is 0 Å². The Hall–Kier alpha value is -1.64. The van der Waals surface area contributed by atoms with E-state index in [-0.39, 0.29) is 22.9 Å². The van der Waals surface area contributed by atoms with Crippen LogP contribution in [0, 0.1) is 0 Å². The summed E-state index contributed by atoms with van der Waals surface area (Å²) in [6, 6.07) is 14.8. The summed E-state index contributed by atoms with van der Waals surface area (Å²) in [6.07, 6.45) is 1.34. The molecule has 0 amide bonds. The SMILES string of the molecule is CCCC(=O)[c-]1ccc(C(=O)OC)c1.[Fe].[cH-]1[cH-][cH-][cH-][cH-]1. The third-order valence-corrected chi connectivity index (χ3v) is 2.53. The average Bonchev–Trinajstić information content (AvgIpc) is 3.11. The first kappa shape index (κ1) is 18.4. The summed E-state index contributed by atoms with van der Waals surface area (Å²) in [5, 5.41) is 0. The number of carbonyl (C=O) groups is 2. The standard InChI is InChI=1S/C11H13O3.C5H5.Fe/c1-3-4-10(12)8-5-6-9(7-8)11(13)14-2;1-2-4-5-3-1;/h5-7H,3-4H2,1-2H3;1-5H;/q-1;-5;. The topological polar surface area (TPSA) is 43.4 Å². The van der Waals surface area contributed by atoms with Crippen LogP contribution in [-0.2, 0) is 21.8 Å². The summed E-state index contributed by atoms with van der Waals surface area (Å²) in [5.41, 5.74) is 1.03. The van der Waals surface area contributed by atoms with Crippen LogP contribution in [0.4, 0.5) is 0 Å².